The van der Waals surface area contributed by atoms with Crippen LogP contribution in [-0.2, 0) is 4.79 Å². The lowest BCUT2D eigenvalue weighted by molar-refractivity contribution is -0.116. The molecule has 1 aromatic carbocycles. The van der Waals surface area contributed by atoms with Gasteiger partial charge in [0.25, 0.3) is 0 Å². The molecule has 0 fully saturated rings. The Morgan fingerprint density at radius 3 is 2.57 bits per heavy atom. The molecule has 1 unspecified atom stereocenters. The molecule has 5 nitrogen and oxygen atoms in total. The van der Waals surface area contributed by atoms with E-state index in [0.29, 0.717) is 30.1 Å². The summed E-state index contributed by atoms with van der Waals surface area (Å²) in [5.74, 6) is 0.385. The van der Waals surface area contributed by atoms with E-state index in [0.717, 1.165) is 19.3 Å². The highest BCUT2D eigenvalue weighted by atomic mass is 16.1. The second-order valence-corrected chi connectivity index (χ2v) is 4.92. The van der Waals surface area contributed by atoms with E-state index in [4.69, 9.17) is 16.3 Å². The number of hydrogen-bond acceptors (Lipinski definition) is 4. The van der Waals surface area contributed by atoms with Crippen LogP contribution in [-0.4, -0.2) is 12.5 Å². The number of nitrogens with two attached hydrogens (primary N) is 1. The lowest BCUT2D eigenvalue weighted by Crippen LogP contribution is -2.15. The van der Waals surface area contributed by atoms with Crippen molar-refractivity contribution < 1.29 is 4.79 Å². The van der Waals surface area contributed by atoms with Crippen LogP contribution in [0.4, 0.5) is 5.69 Å². The first-order chi connectivity index (χ1) is 10.1. The van der Waals surface area contributed by atoms with Gasteiger partial charge in [-0.25, -0.2) is 0 Å². The fourth-order valence-corrected chi connectivity index (χ4v) is 2.16. The Kier molecular flexibility index (Phi) is 6.94. The Morgan fingerprint density at radius 1 is 1.29 bits per heavy atom. The van der Waals surface area contributed by atoms with E-state index >= 15 is 0 Å². The van der Waals surface area contributed by atoms with Gasteiger partial charge < -0.3 is 11.1 Å². The zero-order valence-corrected chi connectivity index (χ0v) is 12.2. The number of nitrogens with one attached hydrogen (secondary N) is 1. The maximum absolute atomic E-state index is 11.9. The van der Waals surface area contributed by atoms with Gasteiger partial charge in [0.15, 0.2) is 0 Å². The first-order valence-electron chi connectivity index (χ1n) is 7.08. The third kappa shape index (κ3) is 5.25. The van der Waals surface area contributed by atoms with Crippen molar-refractivity contribution in [1.82, 2.24) is 0 Å². The molecule has 0 saturated heterocycles. The van der Waals surface area contributed by atoms with Gasteiger partial charge in [0.1, 0.15) is 12.1 Å². The van der Waals surface area contributed by atoms with E-state index in [1.807, 2.05) is 12.1 Å². The summed E-state index contributed by atoms with van der Waals surface area (Å²) in [7, 11) is 0. The Bertz CT molecular complexity index is 569. The maximum Gasteiger partial charge on any atom is 0.224 e. The molecule has 0 aromatic heterocycles. The van der Waals surface area contributed by atoms with Crippen molar-refractivity contribution in [2.45, 2.75) is 32.6 Å². The molecule has 5 heteroatoms. The Labute approximate surface area is 125 Å². The quantitative estimate of drug-likeness (QED) is 0.802. The van der Waals surface area contributed by atoms with Crippen LogP contribution < -0.4 is 11.1 Å². The summed E-state index contributed by atoms with van der Waals surface area (Å²) >= 11 is 0. The molecule has 0 radical (unpaired) electrons. The number of carbonyl (C=O) groups is 1. The minimum atomic E-state index is -0.0842. The number of carbonyl (C=O) groups excluding carboxylic acids is 1. The fourth-order valence-electron chi connectivity index (χ4n) is 2.16. The van der Waals surface area contributed by atoms with Gasteiger partial charge in [-0.1, -0.05) is 13.3 Å². The third-order valence-electron chi connectivity index (χ3n) is 3.48. The second kappa shape index (κ2) is 8.73. The van der Waals surface area contributed by atoms with Crippen LogP contribution in [0, 0.1) is 28.6 Å². The predicted octanol–water partition coefficient (Wildman–Crippen LogP) is 2.52. The minimum absolute atomic E-state index is 0.0842. The minimum Gasteiger partial charge on any atom is -0.330 e. The molecular formula is C16H20N4O. The second-order valence-electron chi connectivity index (χ2n) is 4.92. The number of nitriles is 2. The molecule has 0 bridgehead atoms. The highest BCUT2D eigenvalue weighted by Crippen LogP contribution is 2.17. The van der Waals surface area contributed by atoms with Crippen molar-refractivity contribution in [2.75, 3.05) is 11.9 Å². The number of hydrogen-bond donors (Lipinski definition) is 2. The first kappa shape index (κ1) is 16.7. The van der Waals surface area contributed by atoms with Crippen molar-refractivity contribution in [3.8, 4) is 12.1 Å². The van der Waals surface area contributed by atoms with E-state index < -0.39 is 0 Å². The summed E-state index contributed by atoms with van der Waals surface area (Å²) in [5.41, 5.74) is 6.66. The summed E-state index contributed by atoms with van der Waals surface area (Å²) in [6.45, 7) is 2.74. The van der Waals surface area contributed by atoms with Crippen LogP contribution in [0.3, 0.4) is 0 Å². The van der Waals surface area contributed by atoms with Gasteiger partial charge in [0.05, 0.1) is 11.1 Å². The molecule has 110 valence electrons. The summed E-state index contributed by atoms with van der Waals surface area (Å²) in [5, 5.41) is 20.6. The largest absolute Gasteiger partial charge is 0.330 e. The van der Waals surface area contributed by atoms with Gasteiger partial charge in [-0.3, -0.25) is 4.79 Å². The maximum atomic E-state index is 11.9. The van der Waals surface area contributed by atoms with Gasteiger partial charge >= 0.3 is 0 Å². The molecule has 3 N–H and O–H groups in total. The van der Waals surface area contributed by atoms with Crippen LogP contribution in [0.15, 0.2) is 18.2 Å². The van der Waals surface area contributed by atoms with E-state index in [1.165, 1.54) is 12.1 Å². The molecule has 0 heterocycles. The van der Waals surface area contributed by atoms with Crippen LogP contribution in [0.1, 0.15) is 43.7 Å². The SMILES string of the molecule is CCC(CCN)CCC(=O)Nc1ccc(C#N)c(C#N)c1. The van der Waals surface area contributed by atoms with Gasteiger partial charge in [-0.2, -0.15) is 10.5 Å². The third-order valence-corrected chi connectivity index (χ3v) is 3.48. The Hall–Kier alpha value is -2.37. The number of rotatable bonds is 7. The monoisotopic (exact) mass is 284 g/mol. The predicted molar refractivity (Wildman–Crippen MR) is 81.2 cm³/mol. The van der Waals surface area contributed by atoms with Gasteiger partial charge in [0.2, 0.25) is 5.91 Å². The molecule has 1 aromatic rings. The van der Waals surface area contributed by atoms with Crippen LogP contribution >= 0.6 is 0 Å². The van der Waals surface area contributed by atoms with E-state index in [2.05, 4.69) is 12.2 Å². The lowest BCUT2D eigenvalue weighted by atomic mass is 9.96. The molecule has 0 aliphatic rings. The number of anilines is 1. The van der Waals surface area contributed by atoms with Crippen molar-refractivity contribution in [3.05, 3.63) is 29.3 Å². The number of benzene rings is 1. The zero-order chi connectivity index (χ0) is 15.7. The Morgan fingerprint density at radius 2 is 2.00 bits per heavy atom. The normalized spacial score (nSPS) is 11.2. The molecule has 0 saturated carbocycles. The summed E-state index contributed by atoms with van der Waals surface area (Å²) < 4.78 is 0. The topological polar surface area (TPSA) is 103 Å². The number of amides is 1. The summed E-state index contributed by atoms with van der Waals surface area (Å²) in [6.07, 6.45) is 3.18. The van der Waals surface area contributed by atoms with E-state index in [9.17, 15) is 4.79 Å². The molecule has 1 amide bonds. The smallest absolute Gasteiger partial charge is 0.224 e. The highest BCUT2D eigenvalue weighted by Gasteiger charge is 2.10. The number of nitrogens with zero attached hydrogens (tertiary/aromatic N) is 2. The van der Waals surface area contributed by atoms with Crippen molar-refractivity contribution in [1.29, 1.82) is 10.5 Å². The van der Waals surface area contributed by atoms with E-state index in [-0.39, 0.29) is 11.5 Å². The molecule has 1 rings (SSSR count). The van der Waals surface area contributed by atoms with Gasteiger partial charge in [-0.15, -0.1) is 0 Å². The Balaban J connectivity index is 2.60. The molecule has 0 spiro atoms. The molecule has 0 aliphatic heterocycles. The van der Waals surface area contributed by atoms with Crippen LogP contribution in [0.2, 0.25) is 0 Å². The fraction of sp³-hybridized carbons (Fsp3) is 0.438. The van der Waals surface area contributed by atoms with Gasteiger partial charge in [-0.05, 0) is 43.5 Å². The molecular weight excluding hydrogens is 264 g/mol. The molecule has 21 heavy (non-hydrogen) atoms. The van der Waals surface area contributed by atoms with Crippen LogP contribution in [0.25, 0.3) is 0 Å². The van der Waals surface area contributed by atoms with Crippen molar-refractivity contribution in [3.63, 3.8) is 0 Å². The average molecular weight is 284 g/mol. The van der Waals surface area contributed by atoms with Crippen molar-refractivity contribution in [2.24, 2.45) is 11.7 Å². The molecule has 1 atom stereocenters. The molecule has 0 aliphatic carbocycles. The lowest BCUT2D eigenvalue weighted by Gasteiger charge is -2.13. The van der Waals surface area contributed by atoms with E-state index in [1.54, 1.807) is 6.07 Å². The van der Waals surface area contributed by atoms with Crippen molar-refractivity contribution >= 4 is 11.6 Å². The van der Waals surface area contributed by atoms with Gasteiger partial charge in [0, 0.05) is 12.1 Å². The highest BCUT2D eigenvalue weighted by molar-refractivity contribution is 5.91. The summed E-state index contributed by atoms with van der Waals surface area (Å²) in [6, 6.07) is 8.58. The van der Waals surface area contributed by atoms with Crippen LogP contribution in [0.5, 0.6) is 0 Å². The summed E-state index contributed by atoms with van der Waals surface area (Å²) in [4.78, 5) is 11.9. The first-order valence-corrected chi connectivity index (χ1v) is 7.08. The average Bonchev–Trinajstić information content (AvgIpc) is 2.51. The zero-order valence-electron chi connectivity index (χ0n) is 12.2. The standard InChI is InChI=1S/C16H20N4O/c1-2-12(7-8-17)3-6-16(21)20-15-5-4-13(10-18)14(9-15)11-19/h4-5,9,12H,2-3,6-8,17H2,1H3,(H,20,21).